The van der Waals surface area contributed by atoms with Crippen LogP contribution >= 0.6 is 0 Å². The number of hydrogen-bond donors (Lipinski definition) is 0. The Morgan fingerprint density at radius 1 is 1.06 bits per heavy atom. The fourth-order valence-corrected chi connectivity index (χ4v) is 1.49. The smallest absolute Gasteiger partial charge is 0.325 e. The second-order valence-corrected chi connectivity index (χ2v) is 3.81. The Labute approximate surface area is 107 Å². The predicted octanol–water partition coefficient (Wildman–Crippen LogP) is 0.740. The van der Waals surface area contributed by atoms with Gasteiger partial charge in [0.15, 0.2) is 0 Å². The zero-order chi connectivity index (χ0) is 14.1. The average Bonchev–Trinajstić information content (AvgIpc) is 2.25. The second-order valence-electron chi connectivity index (χ2n) is 3.81. The summed E-state index contributed by atoms with van der Waals surface area (Å²) in [5.41, 5.74) is 0. The molecular formula is C12H21NO5. The van der Waals surface area contributed by atoms with Gasteiger partial charge in [-0.15, -0.1) is 0 Å². The lowest BCUT2D eigenvalue weighted by Gasteiger charge is -2.26. The molecule has 1 atom stereocenters. The van der Waals surface area contributed by atoms with Crippen LogP contribution < -0.4 is 0 Å². The molecule has 0 radical (unpaired) electrons. The van der Waals surface area contributed by atoms with Gasteiger partial charge in [-0.05, 0) is 20.8 Å². The van der Waals surface area contributed by atoms with E-state index >= 15 is 0 Å². The minimum Gasteiger partial charge on any atom is -0.466 e. The first-order valence-electron chi connectivity index (χ1n) is 6.00. The molecule has 6 nitrogen and oxygen atoms in total. The number of rotatable bonds is 7. The van der Waals surface area contributed by atoms with E-state index in [-0.39, 0.29) is 31.4 Å². The molecule has 0 aliphatic carbocycles. The Hall–Kier alpha value is -1.59. The third kappa shape index (κ3) is 6.22. The molecule has 0 aliphatic heterocycles. The number of hydrogen-bond acceptors (Lipinski definition) is 5. The summed E-state index contributed by atoms with van der Waals surface area (Å²) in [5, 5.41) is 0. The van der Waals surface area contributed by atoms with Gasteiger partial charge < -0.3 is 14.4 Å². The number of ether oxygens (including phenoxy) is 2. The summed E-state index contributed by atoms with van der Waals surface area (Å²) in [6, 6.07) is -0.397. The maximum atomic E-state index is 11.4. The third-order valence-corrected chi connectivity index (χ3v) is 2.31. The van der Waals surface area contributed by atoms with Crippen molar-refractivity contribution in [2.24, 2.45) is 0 Å². The highest BCUT2D eigenvalue weighted by molar-refractivity contribution is 5.81. The molecule has 0 heterocycles. The van der Waals surface area contributed by atoms with Gasteiger partial charge in [-0.1, -0.05) is 0 Å². The van der Waals surface area contributed by atoms with E-state index in [9.17, 15) is 14.4 Å². The normalized spacial score (nSPS) is 11.6. The Morgan fingerprint density at radius 3 is 2.00 bits per heavy atom. The average molecular weight is 259 g/mol. The topological polar surface area (TPSA) is 72.9 Å². The number of carbonyl (C=O) groups excluding carboxylic acids is 3. The number of amides is 1. The fraction of sp³-hybridized carbons (Fsp3) is 0.750. The van der Waals surface area contributed by atoms with E-state index < -0.39 is 12.0 Å². The lowest BCUT2D eigenvalue weighted by atomic mass is 10.2. The first-order valence-corrected chi connectivity index (χ1v) is 6.00. The van der Waals surface area contributed by atoms with Crippen molar-refractivity contribution in [1.29, 1.82) is 0 Å². The van der Waals surface area contributed by atoms with E-state index in [0.29, 0.717) is 6.61 Å². The fourth-order valence-electron chi connectivity index (χ4n) is 1.49. The molecule has 0 N–H and O–H groups in total. The van der Waals surface area contributed by atoms with Crippen molar-refractivity contribution in [3.63, 3.8) is 0 Å². The number of nitrogens with zero attached hydrogens (tertiary/aromatic N) is 1. The second kappa shape index (κ2) is 8.49. The molecule has 0 fully saturated rings. The molecule has 6 heteroatoms. The van der Waals surface area contributed by atoms with Crippen LogP contribution in [0.3, 0.4) is 0 Å². The quantitative estimate of drug-likeness (QED) is 0.630. The van der Waals surface area contributed by atoms with Gasteiger partial charge in [0.1, 0.15) is 6.54 Å². The van der Waals surface area contributed by atoms with E-state index in [0.717, 1.165) is 0 Å². The van der Waals surface area contributed by atoms with Crippen molar-refractivity contribution in [2.45, 2.75) is 40.2 Å². The maximum absolute atomic E-state index is 11.4. The van der Waals surface area contributed by atoms with E-state index in [2.05, 4.69) is 0 Å². The first kappa shape index (κ1) is 16.4. The van der Waals surface area contributed by atoms with Crippen LogP contribution in [-0.2, 0) is 23.9 Å². The zero-order valence-corrected chi connectivity index (χ0v) is 11.4. The zero-order valence-electron chi connectivity index (χ0n) is 11.4. The monoisotopic (exact) mass is 259 g/mol. The molecule has 0 spiro atoms. The largest absolute Gasteiger partial charge is 0.466 e. The van der Waals surface area contributed by atoms with Crippen LogP contribution in [0.15, 0.2) is 0 Å². The Morgan fingerprint density at radius 2 is 1.56 bits per heavy atom. The van der Waals surface area contributed by atoms with E-state index in [4.69, 9.17) is 9.47 Å². The number of carbonyl (C=O) groups is 3. The minimum absolute atomic E-state index is 0.0623. The van der Waals surface area contributed by atoms with Crippen molar-refractivity contribution < 1.29 is 23.9 Å². The number of esters is 2. The van der Waals surface area contributed by atoms with Crippen molar-refractivity contribution >= 4 is 17.8 Å². The molecule has 1 unspecified atom stereocenters. The van der Waals surface area contributed by atoms with Gasteiger partial charge in [0.25, 0.3) is 0 Å². The van der Waals surface area contributed by atoms with Crippen LogP contribution in [0.25, 0.3) is 0 Å². The standard InChI is InChI=1S/C12H21NO5/c1-5-17-11(15)7-9(3)13(10(4)14)8-12(16)18-6-2/h9H,5-8H2,1-4H3. The molecule has 0 bridgehead atoms. The van der Waals surface area contributed by atoms with Crippen LogP contribution in [0.1, 0.15) is 34.1 Å². The van der Waals surface area contributed by atoms with Crippen molar-refractivity contribution in [1.82, 2.24) is 4.90 Å². The van der Waals surface area contributed by atoms with Gasteiger partial charge in [-0.25, -0.2) is 0 Å². The molecule has 0 rings (SSSR count). The van der Waals surface area contributed by atoms with Gasteiger partial charge >= 0.3 is 11.9 Å². The minimum atomic E-state index is -0.483. The van der Waals surface area contributed by atoms with Gasteiger partial charge in [0.05, 0.1) is 19.6 Å². The summed E-state index contributed by atoms with van der Waals surface area (Å²) in [7, 11) is 0. The van der Waals surface area contributed by atoms with Gasteiger partial charge in [-0.2, -0.15) is 0 Å². The molecule has 0 saturated carbocycles. The van der Waals surface area contributed by atoms with Gasteiger partial charge in [-0.3, -0.25) is 14.4 Å². The molecule has 0 aromatic heterocycles. The molecule has 1 amide bonds. The van der Waals surface area contributed by atoms with E-state index in [1.54, 1.807) is 20.8 Å². The third-order valence-electron chi connectivity index (χ3n) is 2.31. The van der Waals surface area contributed by atoms with Crippen LogP contribution in [0.4, 0.5) is 0 Å². The highest BCUT2D eigenvalue weighted by Crippen LogP contribution is 2.06. The van der Waals surface area contributed by atoms with Crippen molar-refractivity contribution in [3.05, 3.63) is 0 Å². The summed E-state index contributed by atoms with van der Waals surface area (Å²) in [4.78, 5) is 35.4. The van der Waals surface area contributed by atoms with Gasteiger partial charge in [0.2, 0.25) is 5.91 Å². The van der Waals surface area contributed by atoms with E-state index in [1.165, 1.54) is 11.8 Å². The van der Waals surface area contributed by atoms with Gasteiger partial charge in [0, 0.05) is 13.0 Å². The van der Waals surface area contributed by atoms with E-state index in [1.807, 2.05) is 0 Å². The summed E-state index contributed by atoms with van der Waals surface area (Å²) in [6.07, 6.45) is 0.0623. The maximum Gasteiger partial charge on any atom is 0.325 e. The summed E-state index contributed by atoms with van der Waals surface area (Å²) >= 11 is 0. The SMILES string of the molecule is CCOC(=O)CC(C)N(CC(=O)OCC)C(C)=O. The van der Waals surface area contributed by atoms with Crippen LogP contribution in [0.2, 0.25) is 0 Å². The summed E-state index contributed by atoms with van der Waals surface area (Å²) in [5.74, 6) is -1.15. The van der Waals surface area contributed by atoms with Crippen molar-refractivity contribution in [3.8, 4) is 0 Å². The molecular weight excluding hydrogens is 238 g/mol. The lowest BCUT2D eigenvalue weighted by molar-refractivity contribution is -0.152. The Balaban J connectivity index is 4.45. The van der Waals surface area contributed by atoms with Crippen LogP contribution in [-0.4, -0.2) is 48.5 Å². The van der Waals surface area contributed by atoms with Crippen molar-refractivity contribution in [2.75, 3.05) is 19.8 Å². The summed E-state index contributed by atoms with van der Waals surface area (Å²) in [6.45, 7) is 6.85. The molecule has 18 heavy (non-hydrogen) atoms. The first-order chi connectivity index (χ1) is 8.42. The highest BCUT2D eigenvalue weighted by Gasteiger charge is 2.23. The van der Waals surface area contributed by atoms with Crippen LogP contribution in [0.5, 0.6) is 0 Å². The molecule has 104 valence electrons. The summed E-state index contributed by atoms with van der Waals surface area (Å²) < 4.78 is 9.58. The lowest BCUT2D eigenvalue weighted by Crippen LogP contribution is -2.42. The molecule has 0 saturated heterocycles. The van der Waals surface area contributed by atoms with Crippen LogP contribution in [0, 0.1) is 0 Å². The predicted molar refractivity (Wildman–Crippen MR) is 64.7 cm³/mol. The Bertz CT molecular complexity index is 303. The molecule has 0 aromatic rings. The highest BCUT2D eigenvalue weighted by atomic mass is 16.5. The molecule has 0 aromatic carbocycles. The Kier molecular flexibility index (Phi) is 7.74. The molecule has 0 aliphatic rings.